The predicted octanol–water partition coefficient (Wildman–Crippen LogP) is 0.326. The lowest BCUT2D eigenvalue weighted by molar-refractivity contribution is -0.123. The van der Waals surface area contributed by atoms with E-state index >= 15 is 0 Å². The maximum absolute atomic E-state index is 11.5. The molecular weight excluding hydrogens is 190 g/mol. The van der Waals surface area contributed by atoms with Crippen LogP contribution in [0.2, 0.25) is 0 Å². The van der Waals surface area contributed by atoms with Crippen molar-refractivity contribution in [2.45, 2.75) is 38.6 Å². The van der Waals surface area contributed by atoms with Gasteiger partial charge in [0.05, 0.1) is 6.54 Å². The van der Waals surface area contributed by atoms with Gasteiger partial charge in [-0.25, -0.2) is 0 Å². The quantitative estimate of drug-likeness (QED) is 0.692. The summed E-state index contributed by atoms with van der Waals surface area (Å²) in [5.41, 5.74) is 5.70. The molecule has 4 nitrogen and oxygen atoms in total. The molecule has 0 aromatic carbocycles. The zero-order valence-electron chi connectivity index (χ0n) is 9.67. The molecule has 0 saturated carbocycles. The molecule has 0 bridgehead atoms. The number of piperidine rings is 1. The molecule has 4 heteroatoms. The molecule has 0 spiro atoms. The third-order valence-electron chi connectivity index (χ3n) is 2.94. The SMILES string of the molecule is CCCNC(=O)CN1CCCCC1CN. The Kier molecular flexibility index (Phi) is 5.65. The van der Waals surface area contributed by atoms with Crippen molar-refractivity contribution >= 4 is 5.91 Å². The van der Waals surface area contributed by atoms with E-state index in [1.807, 2.05) is 0 Å². The second kappa shape index (κ2) is 6.80. The van der Waals surface area contributed by atoms with Gasteiger partial charge in [-0.15, -0.1) is 0 Å². The van der Waals surface area contributed by atoms with Gasteiger partial charge in [0.15, 0.2) is 0 Å². The zero-order valence-corrected chi connectivity index (χ0v) is 9.67. The van der Waals surface area contributed by atoms with Crippen molar-refractivity contribution < 1.29 is 4.79 Å². The van der Waals surface area contributed by atoms with Gasteiger partial charge in [-0.2, -0.15) is 0 Å². The van der Waals surface area contributed by atoms with Crippen molar-refractivity contribution in [3.63, 3.8) is 0 Å². The average molecular weight is 213 g/mol. The lowest BCUT2D eigenvalue weighted by Crippen LogP contribution is -2.48. The fourth-order valence-electron chi connectivity index (χ4n) is 2.04. The van der Waals surface area contributed by atoms with Gasteiger partial charge < -0.3 is 11.1 Å². The van der Waals surface area contributed by atoms with Crippen LogP contribution in [0.1, 0.15) is 32.6 Å². The van der Waals surface area contributed by atoms with Crippen LogP contribution in [0.15, 0.2) is 0 Å². The monoisotopic (exact) mass is 213 g/mol. The molecule has 1 saturated heterocycles. The van der Waals surface area contributed by atoms with Crippen LogP contribution in [-0.2, 0) is 4.79 Å². The fraction of sp³-hybridized carbons (Fsp3) is 0.909. The normalized spacial score (nSPS) is 22.7. The highest BCUT2D eigenvalue weighted by molar-refractivity contribution is 5.78. The zero-order chi connectivity index (χ0) is 11.1. The van der Waals surface area contributed by atoms with Crippen LogP contribution in [0.3, 0.4) is 0 Å². The van der Waals surface area contributed by atoms with Crippen molar-refractivity contribution in [2.24, 2.45) is 5.73 Å². The molecular formula is C11H23N3O. The Morgan fingerprint density at radius 3 is 3.00 bits per heavy atom. The Morgan fingerprint density at radius 1 is 1.53 bits per heavy atom. The van der Waals surface area contributed by atoms with Gasteiger partial charge in [0.25, 0.3) is 0 Å². The molecule has 1 aliphatic heterocycles. The summed E-state index contributed by atoms with van der Waals surface area (Å²) in [6, 6.07) is 0.408. The molecule has 88 valence electrons. The van der Waals surface area contributed by atoms with E-state index in [1.54, 1.807) is 0 Å². The number of carbonyl (C=O) groups excluding carboxylic acids is 1. The van der Waals surface area contributed by atoms with Gasteiger partial charge in [-0.1, -0.05) is 13.3 Å². The lowest BCUT2D eigenvalue weighted by atomic mass is 10.0. The van der Waals surface area contributed by atoms with E-state index < -0.39 is 0 Å². The minimum Gasteiger partial charge on any atom is -0.355 e. The van der Waals surface area contributed by atoms with Gasteiger partial charge in [-0.3, -0.25) is 9.69 Å². The molecule has 1 aliphatic rings. The van der Waals surface area contributed by atoms with Gasteiger partial charge in [0, 0.05) is 19.1 Å². The molecule has 1 unspecified atom stereocenters. The summed E-state index contributed by atoms with van der Waals surface area (Å²) in [6.07, 6.45) is 4.57. The highest BCUT2D eigenvalue weighted by Gasteiger charge is 2.22. The van der Waals surface area contributed by atoms with E-state index in [0.717, 1.165) is 25.9 Å². The Bertz CT molecular complexity index is 196. The second-order valence-electron chi connectivity index (χ2n) is 4.21. The van der Waals surface area contributed by atoms with Crippen molar-refractivity contribution in [2.75, 3.05) is 26.2 Å². The lowest BCUT2D eigenvalue weighted by Gasteiger charge is -2.34. The summed E-state index contributed by atoms with van der Waals surface area (Å²) >= 11 is 0. The minimum absolute atomic E-state index is 0.136. The summed E-state index contributed by atoms with van der Waals surface area (Å²) in [5, 5.41) is 2.90. The van der Waals surface area contributed by atoms with Crippen LogP contribution in [-0.4, -0.2) is 43.0 Å². The molecule has 15 heavy (non-hydrogen) atoms. The fourth-order valence-corrected chi connectivity index (χ4v) is 2.04. The minimum atomic E-state index is 0.136. The third-order valence-corrected chi connectivity index (χ3v) is 2.94. The highest BCUT2D eigenvalue weighted by atomic mass is 16.2. The maximum Gasteiger partial charge on any atom is 0.234 e. The number of likely N-dealkylation sites (tertiary alicyclic amines) is 1. The van der Waals surface area contributed by atoms with E-state index in [2.05, 4.69) is 17.1 Å². The number of amides is 1. The molecule has 1 fully saturated rings. The predicted molar refractivity (Wildman–Crippen MR) is 61.6 cm³/mol. The molecule has 1 atom stereocenters. The average Bonchev–Trinajstić information content (AvgIpc) is 2.27. The first kappa shape index (κ1) is 12.5. The summed E-state index contributed by atoms with van der Waals surface area (Å²) in [6.45, 7) is 5.04. The molecule has 1 amide bonds. The first-order valence-corrected chi connectivity index (χ1v) is 5.98. The largest absolute Gasteiger partial charge is 0.355 e. The molecule has 1 heterocycles. The van der Waals surface area contributed by atoms with Crippen LogP contribution in [0.25, 0.3) is 0 Å². The second-order valence-corrected chi connectivity index (χ2v) is 4.21. The Morgan fingerprint density at radius 2 is 2.33 bits per heavy atom. The number of nitrogens with two attached hydrogens (primary N) is 1. The van der Waals surface area contributed by atoms with Crippen LogP contribution < -0.4 is 11.1 Å². The van der Waals surface area contributed by atoms with Crippen LogP contribution in [0.4, 0.5) is 0 Å². The molecule has 1 rings (SSSR count). The van der Waals surface area contributed by atoms with E-state index in [4.69, 9.17) is 5.73 Å². The number of rotatable bonds is 5. The third kappa shape index (κ3) is 4.18. The summed E-state index contributed by atoms with van der Waals surface area (Å²) < 4.78 is 0. The van der Waals surface area contributed by atoms with Gasteiger partial charge >= 0.3 is 0 Å². The van der Waals surface area contributed by atoms with Crippen molar-refractivity contribution in [3.8, 4) is 0 Å². The topological polar surface area (TPSA) is 58.4 Å². The van der Waals surface area contributed by atoms with Gasteiger partial charge in [0.2, 0.25) is 5.91 Å². The van der Waals surface area contributed by atoms with E-state index in [9.17, 15) is 4.79 Å². The number of nitrogens with zero attached hydrogens (tertiary/aromatic N) is 1. The first-order valence-electron chi connectivity index (χ1n) is 5.98. The van der Waals surface area contributed by atoms with Crippen molar-refractivity contribution in [1.82, 2.24) is 10.2 Å². The Labute approximate surface area is 92.2 Å². The Balaban J connectivity index is 2.30. The molecule has 0 radical (unpaired) electrons. The van der Waals surface area contributed by atoms with Gasteiger partial charge in [0.1, 0.15) is 0 Å². The smallest absolute Gasteiger partial charge is 0.234 e. The highest BCUT2D eigenvalue weighted by Crippen LogP contribution is 2.15. The number of carbonyl (C=O) groups is 1. The number of nitrogens with one attached hydrogen (secondary N) is 1. The maximum atomic E-state index is 11.5. The van der Waals surface area contributed by atoms with Crippen LogP contribution >= 0.6 is 0 Å². The Hall–Kier alpha value is -0.610. The van der Waals surface area contributed by atoms with E-state index in [-0.39, 0.29) is 5.91 Å². The van der Waals surface area contributed by atoms with E-state index in [0.29, 0.717) is 19.1 Å². The summed E-state index contributed by atoms with van der Waals surface area (Å²) in [7, 11) is 0. The molecule has 0 aromatic heterocycles. The van der Waals surface area contributed by atoms with E-state index in [1.165, 1.54) is 12.8 Å². The molecule has 0 aliphatic carbocycles. The van der Waals surface area contributed by atoms with Crippen LogP contribution in [0, 0.1) is 0 Å². The van der Waals surface area contributed by atoms with Crippen molar-refractivity contribution in [1.29, 1.82) is 0 Å². The standard InChI is InChI=1S/C11H23N3O/c1-2-6-13-11(15)9-14-7-4-3-5-10(14)8-12/h10H,2-9,12H2,1H3,(H,13,15). The van der Waals surface area contributed by atoms with Gasteiger partial charge in [-0.05, 0) is 25.8 Å². The first-order chi connectivity index (χ1) is 7.27. The molecule has 0 aromatic rings. The number of hydrogen-bond donors (Lipinski definition) is 2. The molecule has 3 N–H and O–H groups in total. The van der Waals surface area contributed by atoms with Crippen molar-refractivity contribution in [3.05, 3.63) is 0 Å². The summed E-state index contributed by atoms with van der Waals surface area (Å²) in [5.74, 6) is 0.136. The number of hydrogen-bond acceptors (Lipinski definition) is 3. The van der Waals surface area contributed by atoms with Crippen LogP contribution in [0.5, 0.6) is 0 Å². The summed E-state index contributed by atoms with van der Waals surface area (Å²) in [4.78, 5) is 13.8.